The first kappa shape index (κ1) is 15.5. The SMILES string of the molecule is CCNC(c1cccc(Br)c1)c1ccc(OC)c(Br)c1. The van der Waals surface area contributed by atoms with Crippen molar-refractivity contribution in [3.05, 3.63) is 62.5 Å². The zero-order valence-electron chi connectivity index (χ0n) is 11.5. The molecule has 0 amide bonds. The van der Waals surface area contributed by atoms with E-state index < -0.39 is 0 Å². The van der Waals surface area contributed by atoms with Crippen LogP contribution in [0.4, 0.5) is 0 Å². The second kappa shape index (κ2) is 7.25. The van der Waals surface area contributed by atoms with E-state index >= 15 is 0 Å². The van der Waals surface area contributed by atoms with Gasteiger partial charge in [-0.15, -0.1) is 0 Å². The Morgan fingerprint density at radius 3 is 2.45 bits per heavy atom. The minimum Gasteiger partial charge on any atom is -0.496 e. The molecule has 1 atom stereocenters. The molecule has 0 aliphatic rings. The molecule has 20 heavy (non-hydrogen) atoms. The number of nitrogens with one attached hydrogen (secondary N) is 1. The monoisotopic (exact) mass is 397 g/mol. The number of hydrogen-bond acceptors (Lipinski definition) is 2. The van der Waals surface area contributed by atoms with E-state index in [1.807, 2.05) is 12.1 Å². The van der Waals surface area contributed by atoms with Gasteiger partial charge >= 0.3 is 0 Å². The molecule has 0 spiro atoms. The fraction of sp³-hybridized carbons (Fsp3) is 0.250. The van der Waals surface area contributed by atoms with Gasteiger partial charge in [-0.2, -0.15) is 0 Å². The van der Waals surface area contributed by atoms with Gasteiger partial charge in [0.05, 0.1) is 17.6 Å². The van der Waals surface area contributed by atoms with Crippen LogP contribution in [0.5, 0.6) is 5.75 Å². The maximum Gasteiger partial charge on any atom is 0.133 e. The fourth-order valence-corrected chi connectivity index (χ4v) is 3.16. The number of halogens is 2. The molecule has 0 aliphatic carbocycles. The molecule has 0 bridgehead atoms. The van der Waals surface area contributed by atoms with Crippen molar-refractivity contribution in [3.8, 4) is 5.75 Å². The Morgan fingerprint density at radius 1 is 1.10 bits per heavy atom. The average Bonchev–Trinajstić information content (AvgIpc) is 2.44. The summed E-state index contributed by atoms with van der Waals surface area (Å²) in [5.41, 5.74) is 2.44. The van der Waals surface area contributed by atoms with E-state index in [1.165, 1.54) is 11.1 Å². The second-order valence-corrected chi connectivity index (χ2v) is 6.21. The van der Waals surface area contributed by atoms with Crippen LogP contribution in [0, 0.1) is 0 Å². The summed E-state index contributed by atoms with van der Waals surface area (Å²) in [7, 11) is 1.68. The normalized spacial score (nSPS) is 12.2. The van der Waals surface area contributed by atoms with Gasteiger partial charge in [0.15, 0.2) is 0 Å². The topological polar surface area (TPSA) is 21.3 Å². The molecule has 0 saturated heterocycles. The molecule has 2 nitrogen and oxygen atoms in total. The van der Waals surface area contributed by atoms with E-state index in [9.17, 15) is 0 Å². The largest absolute Gasteiger partial charge is 0.496 e. The van der Waals surface area contributed by atoms with E-state index in [0.29, 0.717) is 0 Å². The Labute approximate surface area is 136 Å². The van der Waals surface area contributed by atoms with Crippen LogP contribution in [0.25, 0.3) is 0 Å². The van der Waals surface area contributed by atoms with Crippen molar-refractivity contribution in [1.29, 1.82) is 0 Å². The third-order valence-electron chi connectivity index (χ3n) is 3.10. The first-order chi connectivity index (χ1) is 9.65. The highest BCUT2D eigenvalue weighted by Crippen LogP contribution is 2.31. The third-order valence-corrected chi connectivity index (χ3v) is 4.21. The van der Waals surface area contributed by atoms with Crippen molar-refractivity contribution in [2.24, 2.45) is 0 Å². The van der Waals surface area contributed by atoms with Crippen LogP contribution in [0.2, 0.25) is 0 Å². The first-order valence-electron chi connectivity index (χ1n) is 6.48. The number of benzene rings is 2. The van der Waals surface area contributed by atoms with Crippen molar-refractivity contribution < 1.29 is 4.74 Å². The Hall–Kier alpha value is -0.840. The van der Waals surface area contributed by atoms with Gasteiger partial charge in [0.1, 0.15) is 5.75 Å². The van der Waals surface area contributed by atoms with Crippen molar-refractivity contribution >= 4 is 31.9 Å². The molecule has 2 aromatic carbocycles. The number of ether oxygens (including phenoxy) is 1. The average molecular weight is 399 g/mol. The van der Waals surface area contributed by atoms with Crippen molar-refractivity contribution in [2.45, 2.75) is 13.0 Å². The quantitative estimate of drug-likeness (QED) is 0.771. The number of rotatable bonds is 5. The minimum atomic E-state index is 0.166. The highest BCUT2D eigenvalue weighted by Gasteiger charge is 2.14. The van der Waals surface area contributed by atoms with E-state index in [2.05, 4.69) is 74.4 Å². The van der Waals surface area contributed by atoms with E-state index in [1.54, 1.807) is 7.11 Å². The second-order valence-electron chi connectivity index (χ2n) is 4.44. The predicted octanol–water partition coefficient (Wildman–Crippen LogP) is 4.92. The van der Waals surface area contributed by atoms with Crippen LogP contribution in [0.15, 0.2) is 51.4 Å². The Balaban J connectivity index is 2.40. The highest BCUT2D eigenvalue weighted by atomic mass is 79.9. The lowest BCUT2D eigenvalue weighted by Gasteiger charge is -2.20. The van der Waals surface area contributed by atoms with Gasteiger partial charge in [-0.3, -0.25) is 0 Å². The molecule has 0 radical (unpaired) electrons. The summed E-state index contributed by atoms with van der Waals surface area (Å²) in [6, 6.07) is 14.7. The Morgan fingerprint density at radius 2 is 1.85 bits per heavy atom. The molecule has 0 fully saturated rings. The van der Waals surface area contributed by atoms with Crippen LogP contribution < -0.4 is 10.1 Å². The molecule has 106 valence electrons. The minimum absolute atomic E-state index is 0.166. The Kier molecular flexibility index (Phi) is 5.64. The van der Waals surface area contributed by atoms with Crippen LogP contribution in [-0.4, -0.2) is 13.7 Å². The van der Waals surface area contributed by atoms with Crippen LogP contribution in [0.1, 0.15) is 24.1 Å². The molecule has 1 unspecified atom stereocenters. The van der Waals surface area contributed by atoms with Crippen LogP contribution >= 0.6 is 31.9 Å². The van der Waals surface area contributed by atoms with Gasteiger partial charge in [0, 0.05) is 4.47 Å². The van der Waals surface area contributed by atoms with Crippen LogP contribution in [-0.2, 0) is 0 Å². The molecule has 1 N–H and O–H groups in total. The molecular weight excluding hydrogens is 382 g/mol. The summed E-state index contributed by atoms with van der Waals surface area (Å²) in [6.07, 6.45) is 0. The van der Waals surface area contributed by atoms with Crippen molar-refractivity contribution in [3.63, 3.8) is 0 Å². The van der Waals surface area contributed by atoms with Gasteiger partial charge in [-0.1, -0.05) is 41.1 Å². The number of hydrogen-bond donors (Lipinski definition) is 1. The summed E-state index contributed by atoms with van der Waals surface area (Å²) in [6.45, 7) is 3.02. The third kappa shape index (κ3) is 3.62. The molecule has 4 heteroatoms. The zero-order valence-corrected chi connectivity index (χ0v) is 14.7. The van der Waals surface area contributed by atoms with E-state index in [0.717, 1.165) is 21.2 Å². The summed E-state index contributed by atoms with van der Waals surface area (Å²) in [5, 5.41) is 3.52. The van der Waals surface area contributed by atoms with Gasteiger partial charge in [-0.25, -0.2) is 0 Å². The molecule has 0 aliphatic heterocycles. The van der Waals surface area contributed by atoms with Gasteiger partial charge in [0.2, 0.25) is 0 Å². The fourth-order valence-electron chi connectivity index (χ4n) is 2.18. The molecule has 2 aromatic rings. The summed E-state index contributed by atoms with van der Waals surface area (Å²) in [4.78, 5) is 0. The smallest absolute Gasteiger partial charge is 0.133 e. The van der Waals surface area contributed by atoms with E-state index in [-0.39, 0.29) is 6.04 Å². The summed E-state index contributed by atoms with van der Waals surface area (Å²) >= 11 is 7.09. The van der Waals surface area contributed by atoms with Crippen molar-refractivity contribution in [2.75, 3.05) is 13.7 Å². The molecule has 2 rings (SSSR count). The van der Waals surface area contributed by atoms with Gasteiger partial charge in [0.25, 0.3) is 0 Å². The van der Waals surface area contributed by atoms with Crippen molar-refractivity contribution in [1.82, 2.24) is 5.32 Å². The Bertz CT molecular complexity index is 586. The highest BCUT2D eigenvalue weighted by molar-refractivity contribution is 9.10. The lowest BCUT2D eigenvalue weighted by molar-refractivity contribution is 0.412. The molecular formula is C16H17Br2NO. The lowest BCUT2D eigenvalue weighted by Crippen LogP contribution is -2.22. The lowest BCUT2D eigenvalue weighted by atomic mass is 9.98. The standard InChI is InChI=1S/C16H17Br2NO/c1-3-19-16(11-5-4-6-13(17)9-11)12-7-8-15(20-2)14(18)10-12/h4-10,16,19H,3H2,1-2H3. The maximum absolute atomic E-state index is 5.29. The molecule has 0 aromatic heterocycles. The zero-order chi connectivity index (χ0) is 14.5. The predicted molar refractivity (Wildman–Crippen MR) is 90.4 cm³/mol. The van der Waals surface area contributed by atoms with E-state index in [4.69, 9.17) is 4.74 Å². The molecule has 0 saturated carbocycles. The maximum atomic E-state index is 5.29. The summed E-state index contributed by atoms with van der Waals surface area (Å²) in [5.74, 6) is 0.846. The van der Waals surface area contributed by atoms with Gasteiger partial charge < -0.3 is 10.1 Å². The van der Waals surface area contributed by atoms with Crippen LogP contribution in [0.3, 0.4) is 0 Å². The number of methoxy groups -OCH3 is 1. The molecule has 0 heterocycles. The summed E-state index contributed by atoms with van der Waals surface area (Å²) < 4.78 is 7.35. The first-order valence-corrected chi connectivity index (χ1v) is 8.06. The van der Waals surface area contributed by atoms with Gasteiger partial charge in [-0.05, 0) is 57.9 Å².